The molecule has 0 spiro atoms. The lowest BCUT2D eigenvalue weighted by Gasteiger charge is -2.18. The Morgan fingerprint density at radius 2 is 1.84 bits per heavy atom. The van der Waals surface area contributed by atoms with Crippen molar-refractivity contribution < 1.29 is 23.9 Å². The number of rotatable bonds is 6. The molecule has 0 bridgehead atoms. The average molecular weight is 455 g/mol. The van der Waals surface area contributed by atoms with E-state index < -0.39 is 5.91 Å². The van der Waals surface area contributed by atoms with Gasteiger partial charge in [-0.25, -0.2) is 9.87 Å². The summed E-state index contributed by atoms with van der Waals surface area (Å²) in [6.45, 7) is 2.94. The molecule has 32 heavy (non-hydrogen) atoms. The maximum absolute atomic E-state index is 13.3. The van der Waals surface area contributed by atoms with Gasteiger partial charge in [-0.1, -0.05) is 24.3 Å². The third-order valence-electron chi connectivity index (χ3n) is 5.52. The molecule has 166 valence electrons. The van der Waals surface area contributed by atoms with Crippen molar-refractivity contribution in [2.75, 3.05) is 6.61 Å². The Balaban J connectivity index is 1.57. The van der Waals surface area contributed by atoms with E-state index in [0.29, 0.717) is 37.2 Å². The smallest absolute Gasteiger partial charge is 0.274 e. The molecule has 1 atom stereocenters. The highest BCUT2D eigenvalue weighted by molar-refractivity contribution is 7.12. The van der Waals surface area contributed by atoms with Gasteiger partial charge < -0.3 is 10.1 Å². The highest BCUT2D eigenvalue weighted by Crippen LogP contribution is 2.34. The second kappa shape index (κ2) is 9.60. The fourth-order valence-corrected chi connectivity index (χ4v) is 5.13. The molecule has 1 aromatic heterocycles. The largest absolute Gasteiger partial charge is 0.376 e. The van der Waals surface area contributed by atoms with Crippen LogP contribution in [-0.4, -0.2) is 23.6 Å². The first-order chi connectivity index (χ1) is 15.5. The molecule has 2 heterocycles. The number of amides is 2. The molecule has 8 heteroatoms. The van der Waals surface area contributed by atoms with Crippen molar-refractivity contribution in [2.24, 2.45) is 0 Å². The highest BCUT2D eigenvalue weighted by Gasteiger charge is 2.26. The second-order valence-corrected chi connectivity index (χ2v) is 8.86. The van der Waals surface area contributed by atoms with E-state index in [0.717, 1.165) is 26.4 Å². The molecule has 1 aliphatic heterocycles. The summed E-state index contributed by atoms with van der Waals surface area (Å²) < 4.78 is 18.9. The van der Waals surface area contributed by atoms with Crippen LogP contribution in [0.3, 0.4) is 0 Å². The lowest BCUT2D eigenvalue weighted by molar-refractivity contribution is 0.0706. The van der Waals surface area contributed by atoms with Gasteiger partial charge in [0, 0.05) is 21.7 Å². The molecule has 0 radical (unpaired) electrons. The molecule has 0 saturated heterocycles. The zero-order chi connectivity index (χ0) is 22.7. The number of carbonyl (C=O) groups excluding carboxylic acids is 2. The molecule has 1 aliphatic rings. The number of hydroxylamine groups is 1. The molecule has 3 N–H and O–H groups in total. The molecule has 6 nitrogen and oxygen atoms in total. The maximum atomic E-state index is 13.3. The van der Waals surface area contributed by atoms with Gasteiger partial charge in [0.2, 0.25) is 0 Å². The van der Waals surface area contributed by atoms with Crippen LogP contribution in [0, 0.1) is 5.82 Å². The fourth-order valence-electron chi connectivity index (χ4n) is 3.80. The topological polar surface area (TPSA) is 87.7 Å². The van der Waals surface area contributed by atoms with Gasteiger partial charge in [-0.3, -0.25) is 14.8 Å². The van der Waals surface area contributed by atoms with E-state index in [1.807, 2.05) is 6.92 Å². The molecule has 2 amide bonds. The van der Waals surface area contributed by atoms with E-state index >= 15 is 0 Å². The van der Waals surface area contributed by atoms with Crippen LogP contribution in [0.25, 0.3) is 0 Å². The van der Waals surface area contributed by atoms with Gasteiger partial charge in [-0.15, -0.1) is 11.3 Å². The number of halogens is 1. The summed E-state index contributed by atoms with van der Waals surface area (Å²) in [4.78, 5) is 26.9. The Hall–Kier alpha value is -3.07. The standard InChI is InChI=1S/C24H23FN2O4S/c1-14(16-4-6-17(7-5-16)23(28)27-30)26-24(29)22-19-10-11-31-13-21(19)32-20(22)12-15-2-8-18(25)9-3-15/h2-9,14,30H,10-13H2,1H3,(H,26,29)(H,27,28). The third-order valence-corrected chi connectivity index (χ3v) is 6.73. The number of hydrogen-bond donors (Lipinski definition) is 3. The first-order valence-electron chi connectivity index (χ1n) is 10.3. The van der Waals surface area contributed by atoms with Crippen LogP contribution in [0.2, 0.25) is 0 Å². The molecule has 4 rings (SSSR count). The van der Waals surface area contributed by atoms with Crippen LogP contribution < -0.4 is 10.8 Å². The van der Waals surface area contributed by atoms with Gasteiger partial charge in [0.05, 0.1) is 24.8 Å². The van der Waals surface area contributed by atoms with E-state index in [1.165, 1.54) is 12.1 Å². The minimum Gasteiger partial charge on any atom is -0.376 e. The molecule has 3 aromatic rings. The number of thiophene rings is 1. The summed E-state index contributed by atoms with van der Waals surface area (Å²) in [5, 5.41) is 11.8. The minimum atomic E-state index is -0.592. The number of benzene rings is 2. The van der Waals surface area contributed by atoms with Crippen molar-refractivity contribution in [2.45, 2.75) is 32.4 Å². The van der Waals surface area contributed by atoms with Crippen molar-refractivity contribution in [3.63, 3.8) is 0 Å². The quantitative estimate of drug-likeness (QED) is 0.386. The van der Waals surface area contributed by atoms with Gasteiger partial charge in [0.1, 0.15) is 5.82 Å². The summed E-state index contributed by atoms with van der Waals surface area (Å²) in [6, 6.07) is 12.7. The summed E-state index contributed by atoms with van der Waals surface area (Å²) in [6.07, 6.45) is 1.22. The van der Waals surface area contributed by atoms with Crippen LogP contribution in [-0.2, 0) is 24.2 Å². The molecule has 0 saturated carbocycles. The van der Waals surface area contributed by atoms with Crippen molar-refractivity contribution in [3.8, 4) is 0 Å². The minimum absolute atomic E-state index is 0.161. The number of hydrogen-bond acceptors (Lipinski definition) is 5. The number of carbonyl (C=O) groups is 2. The van der Waals surface area contributed by atoms with Crippen molar-refractivity contribution in [1.82, 2.24) is 10.8 Å². The van der Waals surface area contributed by atoms with Crippen molar-refractivity contribution in [3.05, 3.63) is 91.9 Å². The van der Waals surface area contributed by atoms with Gasteiger partial charge >= 0.3 is 0 Å². The Morgan fingerprint density at radius 3 is 2.53 bits per heavy atom. The summed E-state index contributed by atoms with van der Waals surface area (Å²) in [7, 11) is 0. The monoisotopic (exact) mass is 454 g/mol. The first-order valence-corrected chi connectivity index (χ1v) is 11.1. The molecule has 2 aromatic carbocycles. The normalized spacial score (nSPS) is 13.8. The molecule has 1 unspecified atom stereocenters. The lowest BCUT2D eigenvalue weighted by atomic mass is 9.99. The molecule has 0 aliphatic carbocycles. The summed E-state index contributed by atoms with van der Waals surface area (Å²) >= 11 is 1.57. The van der Waals surface area contributed by atoms with E-state index in [2.05, 4.69) is 5.32 Å². The third kappa shape index (κ3) is 4.72. The van der Waals surface area contributed by atoms with Crippen LogP contribution >= 0.6 is 11.3 Å². The zero-order valence-electron chi connectivity index (χ0n) is 17.5. The zero-order valence-corrected chi connectivity index (χ0v) is 18.3. The van der Waals surface area contributed by atoms with E-state index in [9.17, 15) is 14.0 Å². The molecule has 0 fully saturated rings. The van der Waals surface area contributed by atoms with Gasteiger partial charge in [-0.05, 0) is 54.3 Å². The van der Waals surface area contributed by atoms with Gasteiger partial charge in [0.15, 0.2) is 0 Å². The summed E-state index contributed by atoms with van der Waals surface area (Å²) in [5.74, 6) is -1.04. The average Bonchev–Trinajstić information content (AvgIpc) is 3.18. The van der Waals surface area contributed by atoms with Crippen molar-refractivity contribution >= 4 is 23.2 Å². The Labute approximate surface area is 189 Å². The SMILES string of the molecule is CC(NC(=O)c1c(Cc2ccc(F)cc2)sc2c1CCOC2)c1ccc(C(=O)NO)cc1. The van der Waals surface area contributed by atoms with Crippen LogP contribution in [0.1, 0.15) is 60.1 Å². The van der Waals surface area contributed by atoms with Crippen LogP contribution in [0.15, 0.2) is 48.5 Å². The lowest BCUT2D eigenvalue weighted by Crippen LogP contribution is -2.28. The van der Waals surface area contributed by atoms with Gasteiger partial charge in [0.25, 0.3) is 11.8 Å². The van der Waals surface area contributed by atoms with Crippen molar-refractivity contribution in [1.29, 1.82) is 0 Å². The van der Waals surface area contributed by atoms with Crippen LogP contribution in [0.4, 0.5) is 4.39 Å². The molecular weight excluding hydrogens is 431 g/mol. The predicted octanol–water partition coefficient (Wildman–Crippen LogP) is 4.16. The Bertz CT molecular complexity index is 1130. The summed E-state index contributed by atoms with van der Waals surface area (Å²) in [5.41, 5.74) is 5.40. The van der Waals surface area contributed by atoms with E-state index in [1.54, 1.807) is 53.2 Å². The number of fused-ring (bicyclic) bond motifs is 1. The number of ether oxygens (including phenoxy) is 1. The Kier molecular flexibility index (Phi) is 6.64. The maximum Gasteiger partial charge on any atom is 0.274 e. The molecular formula is C24H23FN2O4S. The number of nitrogens with one attached hydrogen (secondary N) is 2. The van der Waals surface area contributed by atoms with E-state index in [-0.39, 0.29) is 17.8 Å². The second-order valence-electron chi connectivity index (χ2n) is 7.67. The van der Waals surface area contributed by atoms with Gasteiger partial charge in [-0.2, -0.15) is 0 Å². The van der Waals surface area contributed by atoms with E-state index in [4.69, 9.17) is 9.94 Å². The highest BCUT2D eigenvalue weighted by atomic mass is 32.1. The predicted molar refractivity (Wildman–Crippen MR) is 118 cm³/mol. The Morgan fingerprint density at radius 1 is 1.12 bits per heavy atom. The first kappa shape index (κ1) is 22.1. The van der Waals surface area contributed by atoms with Crippen LogP contribution in [0.5, 0.6) is 0 Å². The fraction of sp³-hybridized carbons (Fsp3) is 0.250.